The molecule has 1 aliphatic rings. The molecule has 128 valence electrons. The molecule has 0 bridgehead atoms. The van der Waals surface area contributed by atoms with Crippen LogP contribution in [0.3, 0.4) is 0 Å². The molecule has 5 nitrogen and oxygen atoms in total. The lowest BCUT2D eigenvalue weighted by molar-refractivity contribution is 0.324. The summed E-state index contributed by atoms with van der Waals surface area (Å²) >= 11 is 0. The van der Waals surface area contributed by atoms with Crippen LogP contribution in [0.4, 0.5) is 5.95 Å². The number of para-hydroxylation sites is 1. The van der Waals surface area contributed by atoms with E-state index in [0.717, 1.165) is 35.3 Å². The summed E-state index contributed by atoms with van der Waals surface area (Å²) in [6.07, 6.45) is 5.69. The van der Waals surface area contributed by atoms with E-state index in [2.05, 4.69) is 53.2 Å². The molecular formula is C20H23N5. The predicted octanol–water partition coefficient (Wildman–Crippen LogP) is 4.08. The lowest BCUT2D eigenvalue weighted by atomic mass is 9.88. The van der Waals surface area contributed by atoms with E-state index < -0.39 is 0 Å². The largest absolute Gasteiger partial charge is 0.384 e. The van der Waals surface area contributed by atoms with Gasteiger partial charge in [0.2, 0.25) is 5.95 Å². The van der Waals surface area contributed by atoms with Crippen molar-refractivity contribution in [3.8, 4) is 11.3 Å². The van der Waals surface area contributed by atoms with E-state index in [1.54, 1.807) is 0 Å². The molecule has 1 aromatic carbocycles. The third-order valence-electron chi connectivity index (χ3n) is 4.62. The number of hydrogen-bond donors (Lipinski definition) is 3. The van der Waals surface area contributed by atoms with E-state index in [0.29, 0.717) is 5.95 Å². The number of nitrogens with zero attached hydrogens (tertiary/aromatic N) is 2. The van der Waals surface area contributed by atoms with E-state index in [1.807, 2.05) is 30.6 Å². The van der Waals surface area contributed by atoms with Gasteiger partial charge in [0.05, 0.1) is 5.69 Å². The molecule has 0 aliphatic carbocycles. The Hall–Kier alpha value is -2.82. The molecule has 25 heavy (non-hydrogen) atoms. The first-order valence-electron chi connectivity index (χ1n) is 8.62. The van der Waals surface area contributed by atoms with E-state index in [9.17, 15) is 0 Å². The SMILES string of the molecule is C=C1CC(Nc2nccc(-c3c[nH]c4ccccc34)n2)CC(C)(C)N1. The van der Waals surface area contributed by atoms with Crippen LogP contribution in [-0.2, 0) is 0 Å². The summed E-state index contributed by atoms with van der Waals surface area (Å²) in [4.78, 5) is 12.5. The topological polar surface area (TPSA) is 65.6 Å². The van der Waals surface area contributed by atoms with Gasteiger partial charge >= 0.3 is 0 Å². The molecule has 0 radical (unpaired) electrons. The third kappa shape index (κ3) is 3.22. The maximum absolute atomic E-state index is 4.74. The van der Waals surface area contributed by atoms with E-state index in [1.165, 1.54) is 5.39 Å². The standard InChI is InChI=1S/C20H23N5/c1-13-10-14(11-20(2,3)25-13)23-19-21-9-8-18(24-19)16-12-22-17-7-5-4-6-15(16)17/h4-9,12,14,22,25H,1,10-11H2,2-3H3,(H,21,23,24). The van der Waals surface area contributed by atoms with Gasteiger partial charge in [-0.05, 0) is 32.4 Å². The zero-order chi connectivity index (χ0) is 17.4. The van der Waals surface area contributed by atoms with Crippen molar-refractivity contribution in [2.24, 2.45) is 0 Å². The molecule has 4 rings (SSSR count). The molecule has 0 spiro atoms. The monoisotopic (exact) mass is 333 g/mol. The van der Waals surface area contributed by atoms with Crippen LogP contribution < -0.4 is 10.6 Å². The van der Waals surface area contributed by atoms with Crippen molar-refractivity contribution in [1.29, 1.82) is 0 Å². The Morgan fingerprint density at radius 3 is 2.92 bits per heavy atom. The van der Waals surface area contributed by atoms with Crippen molar-refractivity contribution >= 4 is 16.9 Å². The maximum atomic E-state index is 4.74. The average Bonchev–Trinajstić information content (AvgIpc) is 2.97. The number of hydrogen-bond acceptors (Lipinski definition) is 4. The van der Waals surface area contributed by atoms with Crippen LogP contribution in [0.2, 0.25) is 0 Å². The Labute approximate surface area is 147 Å². The molecule has 3 aromatic rings. The second-order valence-electron chi connectivity index (χ2n) is 7.38. The predicted molar refractivity (Wildman–Crippen MR) is 102 cm³/mol. The van der Waals surface area contributed by atoms with Gasteiger partial charge in [0.25, 0.3) is 0 Å². The van der Waals surface area contributed by atoms with Crippen molar-refractivity contribution in [2.45, 2.75) is 38.3 Å². The Morgan fingerprint density at radius 2 is 2.08 bits per heavy atom. The van der Waals surface area contributed by atoms with Crippen LogP contribution in [0.5, 0.6) is 0 Å². The summed E-state index contributed by atoms with van der Waals surface area (Å²) in [6.45, 7) is 8.48. The minimum absolute atomic E-state index is 0.0292. The van der Waals surface area contributed by atoms with Crippen LogP contribution >= 0.6 is 0 Å². The van der Waals surface area contributed by atoms with Crippen LogP contribution in [0, 0.1) is 0 Å². The summed E-state index contributed by atoms with van der Waals surface area (Å²) in [5, 5.41) is 8.10. The van der Waals surface area contributed by atoms with Crippen LogP contribution in [-0.4, -0.2) is 26.5 Å². The molecular weight excluding hydrogens is 310 g/mol. The first kappa shape index (κ1) is 15.7. The normalized spacial score (nSPS) is 19.6. The Balaban J connectivity index is 1.61. The quantitative estimate of drug-likeness (QED) is 0.676. The highest BCUT2D eigenvalue weighted by Gasteiger charge is 2.29. The minimum atomic E-state index is 0.0292. The molecule has 5 heteroatoms. The Morgan fingerprint density at radius 1 is 1.24 bits per heavy atom. The van der Waals surface area contributed by atoms with Crippen LogP contribution in [0.1, 0.15) is 26.7 Å². The van der Waals surface area contributed by atoms with Gasteiger partial charge in [-0.1, -0.05) is 24.8 Å². The average molecular weight is 333 g/mol. The highest BCUT2D eigenvalue weighted by atomic mass is 15.1. The van der Waals surface area contributed by atoms with Crippen molar-refractivity contribution in [3.63, 3.8) is 0 Å². The molecule has 3 N–H and O–H groups in total. The number of nitrogens with one attached hydrogen (secondary N) is 3. The lowest BCUT2D eigenvalue weighted by Gasteiger charge is -2.38. The number of benzene rings is 1. The van der Waals surface area contributed by atoms with E-state index in [-0.39, 0.29) is 11.6 Å². The molecule has 1 aliphatic heterocycles. The van der Waals surface area contributed by atoms with Gasteiger partial charge in [-0.3, -0.25) is 0 Å². The number of aromatic amines is 1. The fourth-order valence-corrected chi connectivity index (χ4v) is 3.71. The van der Waals surface area contributed by atoms with Gasteiger partial charge in [0.1, 0.15) is 0 Å². The number of aromatic nitrogens is 3. The molecule has 0 amide bonds. The van der Waals surface area contributed by atoms with Crippen molar-refractivity contribution in [3.05, 3.63) is 55.0 Å². The second-order valence-corrected chi connectivity index (χ2v) is 7.38. The molecule has 1 atom stereocenters. The highest BCUT2D eigenvalue weighted by Crippen LogP contribution is 2.28. The van der Waals surface area contributed by atoms with Gasteiger partial charge in [-0.25, -0.2) is 9.97 Å². The Kier molecular flexibility index (Phi) is 3.71. The number of fused-ring (bicyclic) bond motifs is 1. The summed E-state index contributed by atoms with van der Waals surface area (Å²) in [7, 11) is 0. The molecule has 1 unspecified atom stereocenters. The minimum Gasteiger partial charge on any atom is -0.384 e. The van der Waals surface area contributed by atoms with Crippen molar-refractivity contribution < 1.29 is 0 Å². The zero-order valence-corrected chi connectivity index (χ0v) is 14.6. The lowest BCUT2D eigenvalue weighted by Crippen LogP contribution is -2.48. The van der Waals surface area contributed by atoms with E-state index in [4.69, 9.17) is 4.98 Å². The number of piperidine rings is 1. The molecule has 1 fully saturated rings. The van der Waals surface area contributed by atoms with Crippen LogP contribution in [0.15, 0.2) is 55.0 Å². The summed E-state index contributed by atoms with van der Waals surface area (Å²) in [5.74, 6) is 0.665. The summed E-state index contributed by atoms with van der Waals surface area (Å²) < 4.78 is 0. The fourth-order valence-electron chi connectivity index (χ4n) is 3.71. The van der Waals surface area contributed by atoms with Gasteiger partial charge in [0, 0.05) is 52.6 Å². The number of H-pyrrole nitrogens is 1. The third-order valence-corrected chi connectivity index (χ3v) is 4.62. The summed E-state index contributed by atoms with van der Waals surface area (Å²) in [5.41, 5.74) is 4.21. The highest BCUT2D eigenvalue weighted by molar-refractivity contribution is 5.94. The second kappa shape index (κ2) is 5.92. The molecule has 2 aromatic heterocycles. The summed E-state index contributed by atoms with van der Waals surface area (Å²) in [6, 6.07) is 10.5. The first-order valence-corrected chi connectivity index (χ1v) is 8.62. The van der Waals surface area contributed by atoms with Gasteiger partial charge in [-0.2, -0.15) is 0 Å². The van der Waals surface area contributed by atoms with E-state index >= 15 is 0 Å². The van der Waals surface area contributed by atoms with Gasteiger partial charge in [-0.15, -0.1) is 0 Å². The van der Waals surface area contributed by atoms with Crippen molar-refractivity contribution in [1.82, 2.24) is 20.3 Å². The maximum Gasteiger partial charge on any atom is 0.223 e. The molecule has 1 saturated heterocycles. The van der Waals surface area contributed by atoms with Gasteiger partial charge in [0.15, 0.2) is 0 Å². The smallest absolute Gasteiger partial charge is 0.223 e. The first-order chi connectivity index (χ1) is 12.0. The molecule has 3 heterocycles. The fraction of sp³-hybridized carbons (Fsp3) is 0.300. The molecule has 0 saturated carbocycles. The Bertz CT molecular complexity index is 924. The van der Waals surface area contributed by atoms with Crippen LogP contribution in [0.25, 0.3) is 22.2 Å². The zero-order valence-electron chi connectivity index (χ0n) is 14.6. The number of rotatable bonds is 3. The van der Waals surface area contributed by atoms with Crippen molar-refractivity contribution in [2.75, 3.05) is 5.32 Å². The van der Waals surface area contributed by atoms with Gasteiger partial charge < -0.3 is 15.6 Å². The number of anilines is 1.